The average Bonchev–Trinajstić information content (AvgIpc) is 3.66. The van der Waals surface area contributed by atoms with E-state index in [1.807, 2.05) is 30.3 Å². The number of para-hydroxylation sites is 1. The molecule has 5 heteroatoms. The molecule has 0 fully saturated rings. The van der Waals surface area contributed by atoms with Gasteiger partial charge in [-0.3, -0.25) is 4.40 Å². The van der Waals surface area contributed by atoms with Crippen LogP contribution in [0.3, 0.4) is 0 Å². The predicted octanol–water partition coefficient (Wildman–Crippen LogP) is 12.5. The summed E-state index contributed by atoms with van der Waals surface area (Å²) in [6.45, 7) is 0. The van der Waals surface area contributed by atoms with E-state index in [9.17, 15) is 0 Å². The molecule has 0 aliphatic rings. The second kappa shape index (κ2) is 12.6. The lowest BCUT2D eigenvalue weighted by Crippen LogP contribution is -1.97. The minimum Gasteiger partial charge on any atom is -0.298 e. The topological polar surface area (TPSA) is 56.0 Å². The van der Waals surface area contributed by atoms with Gasteiger partial charge in [0.2, 0.25) is 0 Å². The lowest BCUT2D eigenvalue weighted by atomic mass is 9.97. The van der Waals surface area contributed by atoms with Crippen LogP contribution in [0.25, 0.3) is 105 Å². The van der Waals surface area contributed by atoms with Crippen LogP contribution >= 0.6 is 0 Å². The average molecular weight is 702 g/mol. The molecule has 0 saturated heterocycles. The monoisotopic (exact) mass is 701 g/mol. The first-order valence-electron chi connectivity index (χ1n) is 18.5. The molecule has 55 heavy (non-hydrogen) atoms. The molecule has 0 spiro atoms. The number of aromatic nitrogens is 5. The smallest absolute Gasteiger partial charge is 0.161 e. The Bertz CT molecular complexity index is 3160. The van der Waals surface area contributed by atoms with Gasteiger partial charge in [-0.25, -0.2) is 19.9 Å². The second-order valence-electron chi connectivity index (χ2n) is 13.9. The van der Waals surface area contributed by atoms with E-state index in [-0.39, 0.29) is 0 Å². The highest BCUT2D eigenvalue weighted by Crippen LogP contribution is 2.37. The quantitative estimate of drug-likeness (QED) is 0.179. The summed E-state index contributed by atoms with van der Waals surface area (Å²) in [7, 11) is 0. The van der Waals surface area contributed by atoms with E-state index in [4.69, 9.17) is 19.9 Å². The summed E-state index contributed by atoms with van der Waals surface area (Å²) in [6.07, 6.45) is 2.06. The molecule has 4 heterocycles. The van der Waals surface area contributed by atoms with E-state index < -0.39 is 0 Å². The van der Waals surface area contributed by atoms with E-state index in [1.165, 1.54) is 5.39 Å². The van der Waals surface area contributed by atoms with Gasteiger partial charge >= 0.3 is 0 Å². The Morgan fingerprint density at radius 2 is 1.00 bits per heavy atom. The number of pyridine rings is 2. The largest absolute Gasteiger partial charge is 0.298 e. The molecule has 0 aliphatic carbocycles. The normalized spacial score (nSPS) is 11.6. The van der Waals surface area contributed by atoms with Crippen LogP contribution in [0.4, 0.5) is 0 Å². The van der Waals surface area contributed by atoms with Gasteiger partial charge in [0.1, 0.15) is 11.2 Å². The lowest BCUT2D eigenvalue weighted by molar-refractivity contribution is 1.19. The molecule has 5 nitrogen and oxygen atoms in total. The number of fused-ring (bicyclic) bond motifs is 7. The van der Waals surface area contributed by atoms with Gasteiger partial charge in [0.25, 0.3) is 0 Å². The summed E-state index contributed by atoms with van der Waals surface area (Å²) < 4.78 is 2.14. The Labute approximate surface area is 316 Å². The molecule has 4 aromatic heterocycles. The maximum atomic E-state index is 5.26. The maximum Gasteiger partial charge on any atom is 0.161 e. The molecule has 0 saturated carbocycles. The van der Waals surface area contributed by atoms with E-state index in [1.54, 1.807) is 0 Å². The van der Waals surface area contributed by atoms with Gasteiger partial charge in [0.05, 0.1) is 28.1 Å². The van der Waals surface area contributed by atoms with Gasteiger partial charge in [0, 0.05) is 33.8 Å². The minimum atomic E-state index is 0.702. The summed E-state index contributed by atoms with van der Waals surface area (Å²) in [6, 6.07) is 63.5. The third kappa shape index (κ3) is 5.24. The zero-order valence-corrected chi connectivity index (χ0v) is 29.6. The molecule has 256 valence electrons. The van der Waals surface area contributed by atoms with Crippen LogP contribution in [0, 0.1) is 0 Å². The predicted molar refractivity (Wildman–Crippen MR) is 226 cm³/mol. The molecule has 0 unspecified atom stereocenters. The highest BCUT2D eigenvalue weighted by atomic mass is 15.0. The summed E-state index contributed by atoms with van der Waals surface area (Å²) in [5.41, 5.74) is 12.8. The van der Waals surface area contributed by atoms with Gasteiger partial charge in [-0.1, -0.05) is 152 Å². The lowest BCUT2D eigenvalue weighted by Gasteiger charge is -2.13. The Morgan fingerprint density at radius 3 is 1.82 bits per heavy atom. The first kappa shape index (κ1) is 31.1. The van der Waals surface area contributed by atoms with Gasteiger partial charge in [0.15, 0.2) is 5.82 Å². The molecule has 11 rings (SSSR count). The molecule has 0 N–H and O–H groups in total. The van der Waals surface area contributed by atoms with Crippen LogP contribution < -0.4 is 0 Å². The fourth-order valence-electron chi connectivity index (χ4n) is 7.96. The summed E-state index contributed by atoms with van der Waals surface area (Å²) >= 11 is 0. The number of hydrogen-bond acceptors (Lipinski definition) is 4. The second-order valence-corrected chi connectivity index (χ2v) is 13.9. The summed E-state index contributed by atoms with van der Waals surface area (Å²) in [5, 5.41) is 5.68. The molecule has 0 aliphatic heterocycles. The Morgan fingerprint density at radius 1 is 0.382 bits per heavy atom. The zero-order chi connectivity index (χ0) is 36.3. The van der Waals surface area contributed by atoms with Crippen molar-refractivity contribution in [1.29, 1.82) is 0 Å². The summed E-state index contributed by atoms with van der Waals surface area (Å²) in [5.74, 6) is 0.702. The van der Waals surface area contributed by atoms with Crippen molar-refractivity contribution in [3.05, 3.63) is 188 Å². The number of nitrogens with zero attached hydrogens (tertiary/aromatic N) is 5. The highest BCUT2D eigenvalue weighted by molar-refractivity contribution is 6.09. The molecule has 0 atom stereocenters. The highest BCUT2D eigenvalue weighted by Gasteiger charge is 2.18. The Hall–Kier alpha value is -7.50. The molecule has 0 amide bonds. The van der Waals surface area contributed by atoms with Crippen LogP contribution in [-0.4, -0.2) is 24.3 Å². The van der Waals surface area contributed by atoms with Crippen molar-refractivity contribution in [2.75, 3.05) is 0 Å². The van der Waals surface area contributed by atoms with Gasteiger partial charge in [-0.05, 0) is 63.0 Å². The molecule has 0 bridgehead atoms. The van der Waals surface area contributed by atoms with E-state index >= 15 is 0 Å². The van der Waals surface area contributed by atoms with Crippen molar-refractivity contribution in [2.45, 2.75) is 0 Å². The van der Waals surface area contributed by atoms with Gasteiger partial charge in [-0.2, -0.15) is 0 Å². The van der Waals surface area contributed by atoms with E-state index in [2.05, 4.69) is 162 Å². The number of imidazole rings is 1. The third-order valence-electron chi connectivity index (χ3n) is 10.6. The number of hydrogen-bond donors (Lipinski definition) is 0. The molecule has 0 radical (unpaired) electrons. The SMILES string of the molecule is c1cc(-c2ccc(-c3nc4ccccc4c4nc5ccccn5c34)cc2)cc(-c2cc(-c3cccc4ccccc34)nc(-c3cccc4ccccc34)n2)c1. The number of benzene rings is 7. The van der Waals surface area contributed by atoms with Gasteiger partial charge < -0.3 is 0 Å². The van der Waals surface area contributed by atoms with Crippen LogP contribution in [0.2, 0.25) is 0 Å². The zero-order valence-electron chi connectivity index (χ0n) is 29.6. The van der Waals surface area contributed by atoms with Crippen molar-refractivity contribution < 1.29 is 0 Å². The molecule has 11 aromatic rings. The van der Waals surface area contributed by atoms with E-state index in [0.717, 1.165) is 94.2 Å². The molecular weight excluding hydrogens is 671 g/mol. The Balaban J connectivity index is 1.04. The van der Waals surface area contributed by atoms with Crippen LogP contribution in [0.5, 0.6) is 0 Å². The van der Waals surface area contributed by atoms with Crippen molar-refractivity contribution in [1.82, 2.24) is 24.3 Å². The third-order valence-corrected chi connectivity index (χ3v) is 10.6. The first-order valence-corrected chi connectivity index (χ1v) is 18.5. The van der Waals surface area contributed by atoms with Crippen molar-refractivity contribution in [2.24, 2.45) is 0 Å². The fourth-order valence-corrected chi connectivity index (χ4v) is 7.96. The Kier molecular flexibility index (Phi) is 7.10. The van der Waals surface area contributed by atoms with Crippen LogP contribution in [0.1, 0.15) is 0 Å². The fraction of sp³-hybridized carbons (Fsp3) is 0. The van der Waals surface area contributed by atoms with Gasteiger partial charge in [-0.15, -0.1) is 0 Å². The van der Waals surface area contributed by atoms with Crippen molar-refractivity contribution in [3.8, 4) is 56.3 Å². The number of rotatable bonds is 5. The maximum absolute atomic E-state index is 5.26. The van der Waals surface area contributed by atoms with Crippen LogP contribution in [-0.2, 0) is 0 Å². The summed E-state index contributed by atoms with van der Waals surface area (Å²) in [4.78, 5) is 20.7. The standard InChI is InChI=1S/C50H31N5/c1-3-18-38-33(12-1)14-10-21-40(38)45-31-44(52-50(53-45)41-22-11-15-34-13-2-4-19-39(34)41)37-17-9-16-36(30-37)32-25-27-35(28-26-32)47-49-48(42-20-5-6-23-43(42)51-47)54-46-24-7-8-29-55(46)49/h1-31H. The first-order chi connectivity index (χ1) is 27.2. The van der Waals surface area contributed by atoms with E-state index in [0.29, 0.717) is 5.82 Å². The molecular formula is C50H31N5. The van der Waals surface area contributed by atoms with Crippen LogP contribution in [0.15, 0.2) is 188 Å². The minimum absolute atomic E-state index is 0.702. The molecule has 7 aromatic carbocycles. The van der Waals surface area contributed by atoms with Crippen molar-refractivity contribution >= 4 is 49.1 Å². The van der Waals surface area contributed by atoms with Crippen molar-refractivity contribution in [3.63, 3.8) is 0 Å².